The fourth-order valence-electron chi connectivity index (χ4n) is 8.96. The Balaban J connectivity index is 0.000000333. The van der Waals surface area contributed by atoms with E-state index >= 15 is 0 Å². The fourth-order valence-corrected chi connectivity index (χ4v) is 9.77. The molecule has 0 spiro atoms. The summed E-state index contributed by atoms with van der Waals surface area (Å²) in [4.78, 5) is 50.6. The van der Waals surface area contributed by atoms with Crippen molar-refractivity contribution in [3.05, 3.63) is 71.4 Å². The normalized spacial score (nSPS) is 18.6. The number of quaternary nitrogens is 1. The number of rotatable bonds is 20. The van der Waals surface area contributed by atoms with Gasteiger partial charge in [0.1, 0.15) is 23.7 Å². The van der Waals surface area contributed by atoms with Crippen molar-refractivity contribution in [3.63, 3.8) is 0 Å². The lowest BCUT2D eigenvalue weighted by Crippen LogP contribution is -3.00. The lowest BCUT2D eigenvalue weighted by molar-refractivity contribution is -0.950. The first-order chi connectivity index (χ1) is 31.8. The van der Waals surface area contributed by atoms with Crippen LogP contribution >= 0.6 is 34.3 Å². The van der Waals surface area contributed by atoms with E-state index in [0.29, 0.717) is 46.1 Å². The summed E-state index contributed by atoms with van der Waals surface area (Å²) in [6.45, 7) is 12.5. The van der Waals surface area contributed by atoms with Crippen LogP contribution in [0.1, 0.15) is 148 Å². The summed E-state index contributed by atoms with van der Waals surface area (Å²) in [5, 5.41) is 0. The minimum Gasteiger partial charge on any atom is -1.00 e. The first-order valence-electron chi connectivity index (χ1n) is 24.4. The molecule has 15 heteroatoms. The number of carbonyl (C=O) groups excluding carboxylic acids is 4. The maximum Gasteiger partial charge on any atom is 0.314 e. The van der Waals surface area contributed by atoms with E-state index in [1.807, 2.05) is 50.2 Å². The topological polar surface area (TPSA) is 140 Å². The molecule has 0 bridgehead atoms. The molecule has 2 heterocycles. The number of para-hydroxylation sites is 2. The van der Waals surface area contributed by atoms with E-state index in [4.69, 9.17) is 23.7 Å². The van der Waals surface area contributed by atoms with Crippen molar-refractivity contribution in [3.8, 4) is 17.4 Å². The number of likely N-dealkylation sites (N-methyl/N-ethyl adjacent to an activating group) is 1. The second kappa shape index (κ2) is 29.1. The SMILES string of the molecule is CC(C)C(I)OC(=O)Cc1ccccc1OC(=O)C1CCCCC1.CCCCCCOc1nsnc1C1=CCC[N+](C)(C(OC(=O)Cc2ccccc2OC(=O)C2CCCCC2)C(C)C)C1.[I-]. The summed E-state index contributed by atoms with van der Waals surface area (Å²) in [6.07, 6.45) is 17.6. The zero-order valence-corrected chi connectivity index (χ0v) is 45.6. The predicted molar refractivity (Wildman–Crippen MR) is 266 cm³/mol. The average molecular weight is 1170 g/mol. The Bertz CT molecular complexity index is 2050. The van der Waals surface area contributed by atoms with Gasteiger partial charge >= 0.3 is 23.9 Å². The maximum absolute atomic E-state index is 13.4. The van der Waals surface area contributed by atoms with E-state index < -0.39 is 0 Å². The van der Waals surface area contributed by atoms with Gasteiger partial charge in [-0.15, -0.1) is 4.37 Å². The third-order valence-corrected chi connectivity index (χ3v) is 14.9. The molecule has 0 N–H and O–H groups in total. The molecule has 2 saturated carbocycles. The molecule has 1 aliphatic heterocycles. The number of esters is 4. The molecule has 2 aromatic carbocycles. The summed E-state index contributed by atoms with van der Waals surface area (Å²) in [5.41, 5.74) is 3.26. The van der Waals surface area contributed by atoms with Gasteiger partial charge in [-0.25, -0.2) is 0 Å². The standard InChI is InChI=1S/C33H48N3O5S.C19H25IO4.HI/c1-5-6-7-13-21-39-31-30(34-42-35-31)27-18-14-20-36(4,23-27)32(24(2)3)41-29(37)22-26-17-11-12-19-28(26)40-33(38)25-15-9-8-10-16-25;1-13(2)18(20)24-17(21)12-15-10-6-7-11-16(15)23-19(22)14-8-4-3-5-9-14;/h11-12,17-19,24-25,32H,5-10,13-16,20-23H2,1-4H3;6-7,10-11,13-14,18H,3-5,8-9,12H2,1-2H3;1H/q+1;;/p-1. The van der Waals surface area contributed by atoms with Crippen LogP contribution in [-0.2, 0) is 41.5 Å². The molecule has 12 nitrogen and oxygen atoms in total. The Hall–Kier alpha value is -3.16. The summed E-state index contributed by atoms with van der Waals surface area (Å²) >= 11 is 3.29. The Morgan fingerprint density at radius 2 is 1.27 bits per heavy atom. The van der Waals surface area contributed by atoms with Crippen molar-refractivity contribution in [1.82, 2.24) is 8.75 Å². The largest absolute Gasteiger partial charge is 1.00 e. The van der Waals surface area contributed by atoms with Gasteiger partial charge in [0.2, 0.25) is 6.23 Å². The molecule has 370 valence electrons. The minimum atomic E-state index is -0.344. The molecule has 3 atom stereocenters. The van der Waals surface area contributed by atoms with Crippen LogP contribution in [0.5, 0.6) is 17.4 Å². The molecule has 2 fully saturated rings. The van der Waals surface area contributed by atoms with Gasteiger partial charge in [-0.1, -0.05) is 135 Å². The molecule has 0 radical (unpaired) electrons. The molecule has 6 rings (SSSR count). The van der Waals surface area contributed by atoms with Crippen LogP contribution in [-0.4, -0.2) is 74.2 Å². The first-order valence-corrected chi connectivity index (χ1v) is 26.4. The van der Waals surface area contributed by atoms with E-state index in [1.54, 1.807) is 12.1 Å². The van der Waals surface area contributed by atoms with Crippen molar-refractivity contribution in [2.45, 2.75) is 154 Å². The van der Waals surface area contributed by atoms with Gasteiger partial charge in [-0.2, -0.15) is 4.37 Å². The highest BCUT2D eigenvalue weighted by molar-refractivity contribution is 14.1. The highest BCUT2D eigenvalue weighted by Crippen LogP contribution is 2.35. The van der Waals surface area contributed by atoms with Crippen LogP contribution in [0.4, 0.5) is 0 Å². The Morgan fingerprint density at radius 1 is 0.731 bits per heavy atom. The van der Waals surface area contributed by atoms with Gasteiger partial charge in [0.05, 0.1) is 56.6 Å². The van der Waals surface area contributed by atoms with Crippen molar-refractivity contribution in [2.75, 3.05) is 26.7 Å². The molecular weight excluding hydrogens is 1100 g/mol. The second-order valence-electron chi connectivity index (χ2n) is 19.0. The Labute approximate surface area is 434 Å². The number of alkyl halides is 1. The third-order valence-electron chi connectivity index (χ3n) is 12.7. The van der Waals surface area contributed by atoms with Crippen LogP contribution in [0, 0.1) is 23.7 Å². The van der Waals surface area contributed by atoms with Crippen molar-refractivity contribution in [1.29, 1.82) is 0 Å². The summed E-state index contributed by atoms with van der Waals surface area (Å²) in [6, 6.07) is 14.5. The fraction of sp³-hybridized carbons (Fsp3) is 0.615. The smallest absolute Gasteiger partial charge is 0.314 e. The van der Waals surface area contributed by atoms with E-state index in [1.165, 1.54) is 37.4 Å². The van der Waals surface area contributed by atoms with Gasteiger partial charge in [-0.3, -0.25) is 23.7 Å². The van der Waals surface area contributed by atoms with Crippen LogP contribution in [0.2, 0.25) is 0 Å². The Morgan fingerprint density at radius 3 is 1.79 bits per heavy atom. The molecule has 2 aliphatic carbocycles. The number of carbonyl (C=O) groups is 4. The van der Waals surface area contributed by atoms with E-state index in [9.17, 15) is 19.2 Å². The predicted octanol–water partition coefficient (Wildman–Crippen LogP) is 8.66. The van der Waals surface area contributed by atoms with Gasteiger partial charge in [0.15, 0.2) is 4.11 Å². The third kappa shape index (κ3) is 17.9. The van der Waals surface area contributed by atoms with Crippen LogP contribution in [0.25, 0.3) is 5.57 Å². The molecular formula is C52H73I2N3O9S. The quantitative estimate of drug-likeness (QED) is 0.0268. The first kappa shape index (κ1) is 56.4. The van der Waals surface area contributed by atoms with E-state index in [2.05, 4.69) is 65.2 Å². The van der Waals surface area contributed by atoms with Gasteiger partial charge in [0, 0.05) is 29.0 Å². The molecule has 0 saturated heterocycles. The molecule has 3 aromatic rings. The molecule has 3 aliphatic rings. The van der Waals surface area contributed by atoms with Gasteiger partial charge in [0.25, 0.3) is 5.88 Å². The zero-order chi connectivity index (χ0) is 47.5. The number of hydrogen-bond donors (Lipinski definition) is 0. The summed E-state index contributed by atoms with van der Waals surface area (Å²) in [7, 11) is 2.15. The highest BCUT2D eigenvalue weighted by Gasteiger charge is 2.41. The lowest BCUT2D eigenvalue weighted by atomic mass is 9.89. The van der Waals surface area contributed by atoms with E-state index in [-0.39, 0.29) is 94.7 Å². The number of hydrogen-bond acceptors (Lipinski definition) is 12. The molecule has 67 heavy (non-hydrogen) atoms. The summed E-state index contributed by atoms with van der Waals surface area (Å²) < 4.78 is 38.5. The zero-order valence-electron chi connectivity index (χ0n) is 40.5. The Kier molecular flexibility index (Phi) is 24.5. The van der Waals surface area contributed by atoms with Gasteiger partial charge < -0.3 is 47.7 Å². The summed E-state index contributed by atoms with van der Waals surface area (Å²) in [5.74, 6) is 0.816. The monoisotopic (exact) mass is 1170 g/mol. The molecule has 3 unspecified atom stereocenters. The number of nitrogens with zero attached hydrogens (tertiary/aromatic N) is 3. The molecule has 1 aromatic heterocycles. The number of ether oxygens (including phenoxy) is 5. The number of aromatic nitrogens is 2. The second-order valence-corrected chi connectivity index (χ2v) is 20.8. The van der Waals surface area contributed by atoms with Crippen LogP contribution in [0.3, 0.4) is 0 Å². The number of unbranched alkanes of at least 4 members (excludes halogenated alkanes) is 3. The highest BCUT2D eigenvalue weighted by atomic mass is 127. The number of halogens is 2. The van der Waals surface area contributed by atoms with Crippen LogP contribution in [0.15, 0.2) is 54.6 Å². The molecule has 0 amide bonds. The van der Waals surface area contributed by atoms with Crippen LogP contribution < -0.4 is 38.2 Å². The maximum atomic E-state index is 13.4. The number of benzene rings is 2. The average Bonchev–Trinajstić information content (AvgIpc) is 3.79. The van der Waals surface area contributed by atoms with E-state index in [0.717, 1.165) is 88.4 Å². The van der Waals surface area contributed by atoms with Crippen molar-refractivity contribution < 1.29 is 71.3 Å². The lowest BCUT2D eigenvalue weighted by Gasteiger charge is -2.44. The van der Waals surface area contributed by atoms with Crippen molar-refractivity contribution in [2.24, 2.45) is 23.7 Å². The minimum absolute atomic E-state index is 0. The van der Waals surface area contributed by atoms with Gasteiger partial charge in [-0.05, 0) is 72.7 Å². The van der Waals surface area contributed by atoms with Crippen molar-refractivity contribution >= 4 is 63.8 Å².